The van der Waals surface area contributed by atoms with Gasteiger partial charge in [0.05, 0.1) is 18.7 Å². The van der Waals surface area contributed by atoms with Crippen molar-refractivity contribution in [3.63, 3.8) is 0 Å². The van der Waals surface area contributed by atoms with Crippen molar-refractivity contribution in [3.05, 3.63) is 75.1 Å². The van der Waals surface area contributed by atoms with Gasteiger partial charge in [-0.2, -0.15) is 0 Å². The summed E-state index contributed by atoms with van der Waals surface area (Å²) in [5, 5.41) is 3.53. The molecule has 31 heavy (non-hydrogen) atoms. The first-order chi connectivity index (χ1) is 14.9. The second kappa shape index (κ2) is 8.73. The number of aromatic amines is 1. The van der Waals surface area contributed by atoms with Gasteiger partial charge in [0.15, 0.2) is 5.43 Å². The summed E-state index contributed by atoms with van der Waals surface area (Å²) >= 11 is 0. The van der Waals surface area contributed by atoms with Crippen LogP contribution in [0.1, 0.15) is 34.1 Å². The molecule has 7 nitrogen and oxygen atoms in total. The topological polar surface area (TPSA) is 91.5 Å². The molecule has 2 heterocycles. The molecule has 1 aromatic heterocycles. The number of ether oxygens (including phenoxy) is 1. The number of anilines is 1. The lowest BCUT2D eigenvalue weighted by Gasteiger charge is -2.27. The summed E-state index contributed by atoms with van der Waals surface area (Å²) in [6, 6.07) is 12.4. The highest BCUT2D eigenvalue weighted by Gasteiger charge is 2.22. The number of aryl methyl sites for hydroxylation is 1. The number of carbonyl (C=O) groups is 2. The number of hydrogen-bond acceptors (Lipinski definition) is 5. The Morgan fingerprint density at radius 1 is 1.16 bits per heavy atom. The van der Waals surface area contributed by atoms with Crippen LogP contribution in [0.2, 0.25) is 0 Å². The minimum atomic E-state index is -0.389. The molecule has 0 radical (unpaired) electrons. The third-order valence-electron chi connectivity index (χ3n) is 5.45. The highest BCUT2D eigenvalue weighted by atomic mass is 16.5. The lowest BCUT2D eigenvalue weighted by atomic mass is 10.0. The first-order valence-corrected chi connectivity index (χ1v) is 10.4. The number of aromatic nitrogens is 1. The van der Waals surface area contributed by atoms with Crippen LogP contribution < -0.4 is 10.7 Å². The summed E-state index contributed by atoms with van der Waals surface area (Å²) in [6.07, 6.45) is 0.690. The Morgan fingerprint density at radius 2 is 1.94 bits per heavy atom. The maximum absolute atomic E-state index is 13.0. The Labute approximate surface area is 180 Å². The van der Waals surface area contributed by atoms with Gasteiger partial charge in [0, 0.05) is 47.4 Å². The van der Waals surface area contributed by atoms with E-state index in [0.717, 1.165) is 22.3 Å². The Bertz CT molecular complexity index is 1200. The van der Waals surface area contributed by atoms with Crippen molar-refractivity contribution in [1.29, 1.82) is 0 Å². The van der Waals surface area contributed by atoms with E-state index in [-0.39, 0.29) is 23.9 Å². The molecule has 0 fully saturated rings. The van der Waals surface area contributed by atoms with Gasteiger partial charge in [-0.3, -0.25) is 14.5 Å². The molecule has 1 amide bonds. The highest BCUT2D eigenvalue weighted by molar-refractivity contribution is 5.94. The lowest BCUT2D eigenvalue weighted by molar-refractivity contribution is -0.117. The molecule has 0 unspecified atom stereocenters. The molecular formula is C24H25N3O4. The van der Waals surface area contributed by atoms with E-state index in [4.69, 9.17) is 4.74 Å². The fourth-order valence-corrected chi connectivity index (χ4v) is 3.89. The van der Waals surface area contributed by atoms with E-state index >= 15 is 0 Å². The zero-order valence-electron chi connectivity index (χ0n) is 17.7. The second-order valence-electron chi connectivity index (χ2n) is 7.77. The van der Waals surface area contributed by atoms with Crippen molar-refractivity contribution in [2.45, 2.75) is 26.8 Å². The van der Waals surface area contributed by atoms with Gasteiger partial charge in [-0.05, 0) is 50.2 Å². The second-order valence-corrected chi connectivity index (χ2v) is 7.77. The van der Waals surface area contributed by atoms with E-state index in [0.29, 0.717) is 42.8 Å². The van der Waals surface area contributed by atoms with E-state index in [2.05, 4.69) is 10.3 Å². The van der Waals surface area contributed by atoms with Crippen LogP contribution in [-0.4, -0.2) is 41.5 Å². The number of nitrogens with one attached hydrogen (secondary N) is 2. The van der Waals surface area contributed by atoms with Crippen molar-refractivity contribution in [2.75, 3.05) is 25.0 Å². The molecule has 7 heteroatoms. The minimum Gasteiger partial charge on any atom is -0.462 e. The van der Waals surface area contributed by atoms with E-state index in [1.165, 1.54) is 0 Å². The van der Waals surface area contributed by atoms with Gasteiger partial charge in [-0.1, -0.05) is 11.6 Å². The average Bonchev–Trinajstić information content (AvgIpc) is 2.75. The van der Waals surface area contributed by atoms with Crippen molar-refractivity contribution in [3.8, 4) is 0 Å². The van der Waals surface area contributed by atoms with Crippen molar-refractivity contribution < 1.29 is 14.3 Å². The van der Waals surface area contributed by atoms with Gasteiger partial charge in [0.1, 0.15) is 0 Å². The molecule has 0 bridgehead atoms. The number of pyridine rings is 1. The number of fused-ring (bicyclic) bond motifs is 2. The fraction of sp³-hybridized carbons (Fsp3) is 0.292. The SMILES string of the molecule is CCOC(=O)c1ccc(NC(=O)CN2CCc3[nH]c4ccc(C)cc4c(=O)c3C2)cc1. The standard InChI is InChI=1S/C24H25N3O4/c1-3-31-24(30)16-5-7-17(8-6-16)25-22(28)14-27-11-10-21-19(13-27)23(29)18-12-15(2)4-9-20(18)26-21/h4-9,12H,3,10-11,13-14H2,1-2H3,(H,25,28)(H,26,29). The Hall–Kier alpha value is -3.45. The van der Waals surface area contributed by atoms with Crippen LogP contribution in [-0.2, 0) is 22.5 Å². The summed E-state index contributed by atoms with van der Waals surface area (Å²) in [7, 11) is 0. The Balaban J connectivity index is 1.43. The highest BCUT2D eigenvalue weighted by Crippen LogP contribution is 2.19. The van der Waals surface area contributed by atoms with Gasteiger partial charge in [-0.15, -0.1) is 0 Å². The first-order valence-electron chi connectivity index (χ1n) is 10.4. The molecule has 1 aliphatic heterocycles. The summed E-state index contributed by atoms with van der Waals surface area (Å²) in [4.78, 5) is 42.6. The quantitative estimate of drug-likeness (QED) is 0.621. The van der Waals surface area contributed by atoms with Crippen LogP contribution in [0.25, 0.3) is 10.9 Å². The number of benzene rings is 2. The number of amides is 1. The van der Waals surface area contributed by atoms with Gasteiger partial charge in [0.2, 0.25) is 5.91 Å². The van der Waals surface area contributed by atoms with Gasteiger partial charge in [0.25, 0.3) is 0 Å². The van der Waals surface area contributed by atoms with Crippen LogP contribution in [0.5, 0.6) is 0 Å². The molecule has 0 saturated carbocycles. The van der Waals surface area contributed by atoms with Crippen LogP contribution >= 0.6 is 0 Å². The van der Waals surface area contributed by atoms with Crippen molar-refractivity contribution in [1.82, 2.24) is 9.88 Å². The number of esters is 1. The van der Waals surface area contributed by atoms with Crippen LogP contribution in [0.15, 0.2) is 47.3 Å². The van der Waals surface area contributed by atoms with E-state index in [9.17, 15) is 14.4 Å². The number of hydrogen-bond donors (Lipinski definition) is 2. The predicted octanol–water partition coefficient (Wildman–Crippen LogP) is 3.01. The minimum absolute atomic E-state index is 0.0344. The Kier molecular flexibility index (Phi) is 5.86. The first kappa shape index (κ1) is 20.8. The normalized spacial score (nSPS) is 13.6. The Morgan fingerprint density at radius 3 is 2.68 bits per heavy atom. The molecule has 0 aliphatic carbocycles. The van der Waals surface area contributed by atoms with Crippen LogP contribution in [0.3, 0.4) is 0 Å². The molecule has 0 saturated heterocycles. The largest absolute Gasteiger partial charge is 0.462 e. The molecule has 1 aliphatic rings. The monoisotopic (exact) mass is 419 g/mol. The van der Waals surface area contributed by atoms with Crippen LogP contribution in [0, 0.1) is 6.92 Å². The number of carbonyl (C=O) groups excluding carboxylic acids is 2. The number of rotatable bonds is 5. The lowest BCUT2D eigenvalue weighted by Crippen LogP contribution is -2.39. The maximum Gasteiger partial charge on any atom is 0.338 e. The molecule has 2 N–H and O–H groups in total. The number of nitrogens with zero attached hydrogens (tertiary/aromatic N) is 1. The molecule has 160 valence electrons. The van der Waals surface area contributed by atoms with Gasteiger partial charge >= 0.3 is 5.97 Å². The van der Waals surface area contributed by atoms with Crippen molar-refractivity contribution in [2.24, 2.45) is 0 Å². The molecule has 3 aromatic rings. The summed E-state index contributed by atoms with van der Waals surface area (Å²) in [5.74, 6) is -0.555. The van der Waals surface area contributed by atoms with Crippen LogP contribution in [0.4, 0.5) is 5.69 Å². The van der Waals surface area contributed by atoms with Crippen molar-refractivity contribution >= 4 is 28.5 Å². The van der Waals surface area contributed by atoms with E-state index in [1.54, 1.807) is 31.2 Å². The molecular weight excluding hydrogens is 394 g/mol. The molecule has 2 aromatic carbocycles. The zero-order chi connectivity index (χ0) is 22.0. The third kappa shape index (κ3) is 4.51. The summed E-state index contributed by atoms with van der Waals surface area (Å²) in [5.41, 5.74) is 4.66. The molecule has 4 rings (SSSR count). The fourth-order valence-electron chi connectivity index (χ4n) is 3.89. The molecule has 0 atom stereocenters. The van der Waals surface area contributed by atoms with Gasteiger partial charge in [-0.25, -0.2) is 4.79 Å². The predicted molar refractivity (Wildman–Crippen MR) is 119 cm³/mol. The van der Waals surface area contributed by atoms with E-state index < -0.39 is 0 Å². The van der Waals surface area contributed by atoms with E-state index in [1.807, 2.05) is 30.0 Å². The molecule has 0 spiro atoms. The third-order valence-corrected chi connectivity index (χ3v) is 5.45. The number of H-pyrrole nitrogens is 1. The van der Waals surface area contributed by atoms with Gasteiger partial charge < -0.3 is 15.0 Å². The average molecular weight is 419 g/mol. The summed E-state index contributed by atoms with van der Waals surface area (Å²) in [6.45, 7) is 5.34. The maximum atomic E-state index is 13.0. The summed E-state index contributed by atoms with van der Waals surface area (Å²) < 4.78 is 4.96. The zero-order valence-corrected chi connectivity index (χ0v) is 17.7. The smallest absolute Gasteiger partial charge is 0.338 e.